The van der Waals surface area contributed by atoms with Crippen LogP contribution in [0.25, 0.3) is 0 Å². The fourth-order valence-corrected chi connectivity index (χ4v) is 6.19. The number of urea groups is 1. The summed E-state index contributed by atoms with van der Waals surface area (Å²) >= 11 is 0. The molecule has 3 atom stereocenters. The summed E-state index contributed by atoms with van der Waals surface area (Å²) in [7, 11) is -1.82. The van der Waals surface area contributed by atoms with E-state index in [0.717, 1.165) is 48.9 Å². The number of fused-ring (bicyclic) bond motifs is 3. The second-order valence-electron chi connectivity index (χ2n) is 9.01. The van der Waals surface area contributed by atoms with Crippen LogP contribution < -0.4 is 15.2 Å². The van der Waals surface area contributed by atoms with Crippen LogP contribution in [0.2, 0.25) is 0 Å². The number of nitrogens with one attached hydrogen (secondary N) is 1. The summed E-state index contributed by atoms with van der Waals surface area (Å²) in [6.07, 6.45) is 6.29. The molecule has 2 aromatic rings. The first-order valence-electron chi connectivity index (χ1n) is 11.1. The molecule has 9 nitrogen and oxygen atoms in total. The van der Waals surface area contributed by atoms with Crippen molar-refractivity contribution < 1.29 is 18.5 Å². The minimum Gasteiger partial charge on any atom is -0.477 e. The van der Waals surface area contributed by atoms with Crippen molar-refractivity contribution in [3.05, 3.63) is 34.5 Å². The maximum Gasteiger partial charge on any atom is 0.354 e. The third-order valence-corrected chi connectivity index (χ3v) is 7.93. The van der Waals surface area contributed by atoms with Crippen molar-refractivity contribution in [2.45, 2.75) is 56.4 Å². The number of carbonyl (C=O) groups excluding carboxylic acids is 1. The first kappa shape index (κ1) is 21.4. The monoisotopic (exact) mass is 459 g/mol. The number of amides is 2. The Morgan fingerprint density at radius 3 is 3.06 bits per heavy atom. The van der Waals surface area contributed by atoms with Gasteiger partial charge in [-0.15, -0.1) is 4.36 Å². The predicted octanol–water partition coefficient (Wildman–Crippen LogP) is 3.01. The molecule has 0 unspecified atom stereocenters. The first-order valence-corrected chi connectivity index (χ1v) is 12.7. The fraction of sp³-hybridized carbons (Fsp3) is 0.545. The van der Waals surface area contributed by atoms with E-state index in [1.807, 2.05) is 6.92 Å². The van der Waals surface area contributed by atoms with E-state index in [9.17, 15) is 9.00 Å². The van der Waals surface area contributed by atoms with Crippen LogP contribution in [0.15, 0.2) is 21.5 Å². The molecule has 2 heterocycles. The highest BCUT2D eigenvalue weighted by Crippen LogP contribution is 2.44. The van der Waals surface area contributed by atoms with Gasteiger partial charge in [-0.3, -0.25) is 0 Å². The van der Waals surface area contributed by atoms with Gasteiger partial charge in [-0.05, 0) is 54.4 Å². The predicted molar refractivity (Wildman–Crippen MR) is 120 cm³/mol. The number of aryl methyl sites for hydroxylation is 2. The number of nitrogens with zero attached hydrogens (tertiary/aromatic N) is 3. The number of anilines is 1. The number of hydrogen-bond acceptors (Lipinski definition) is 5. The second-order valence-corrected chi connectivity index (χ2v) is 10.8. The van der Waals surface area contributed by atoms with Gasteiger partial charge in [0.2, 0.25) is 5.88 Å². The molecule has 0 bridgehead atoms. The van der Waals surface area contributed by atoms with Gasteiger partial charge in [0, 0.05) is 24.6 Å². The van der Waals surface area contributed by atoms with Crippen molar-refractivity contribution in [1.29, 1.82) is 0 Å². The van der Waals surface area contributed by atoms with Gasteiger partial charge in [-0.2, -0.15) is 5.10 Å². The number of hydrogen-bond donors (Lipinski definition) is 2. The summed E-state index contributed by atoms with van der Waals surface area (Å²) in [5, 5.41) is 13.2. The van der Waals surface area contributed by atoms with Crippen LogP contribution >= 0.6 is 0 Å². The molecule has 3 N–H and O–H groups in total. The lowest BCUT2D eigenvalue weighted by Gasteiger charge is -2.21. The number of nitrogens with two attached hydrogens (primary N) is 1. The molecule has 1 aromatic heterocycles. The minimum absolute atomic E-state index is 0.153. The van der Waals surface area contributed by atoms with Gasteiger partial charge >= 0.3 is 6.03 Å². The Balaban J connectivity index is 1.49. The average Bonchev–Trinajstić information content (AvgIpc) is 3.46. The van der Waals surface area contributed by atoms with E-state index in [1.165, 1.54) is 17.3 Å². The number of rotatable bonds is 4. The summed E-state index contributed by atoms with van der Waals surface area (Å²) in [6.45, 7) is 3.75. The topological polar surface area (TPSA) is 121 Å². The summed E-state index contributed by atoms with van der Waals surface area (Å²) in [5.41, 5.74) is 5.61. The molecule has 10 heteroatoms. The summed E-state index contributed by atoms with van der Waals surface area (Å²) in [6, 6.07) is 1.57. The van der Waals surface area contributed by atoms with E-state index in [1.54, 1.807) is 11.8 Å². The normalized spacial score (nSPS) is 23.0. The zero-order valence-corrected chi connectivity index (χ0v) is 19.2. The quantitative estimate of drug-likeness (QED) is 0.728. The molecule has 0 saturated heterocycles. The van der Waals surface area contributed by atoms with Gasteiger partial charge in [0.05, 0.1) is 26.0 Å². The van der Waals surface area contributed by atoms with Crippen LogP contribution in [0, 0.1) is 5.92 Å². The van der Waals surface area contributed by atoms with Crippen molar-refractivity contribution in [2.75, 3.05) is 25.6 Å². The molecule has 1 aliphatic heterocycles. The smallest absolute Gasteiger partial charge is 0.354 e. The van der Waals surface area contributed by atoms with E-state index in [0.29, 0.717) is 25.6 Å². The van der Waals surface area contributed by atoms with Gasteiger partial charge in [-0.1, -0.05) is 13.0 Å². The van der Waals surface area contributed by atoms with E-state index >= 15 is 0 Å². The number of ether oxygens (including phenoxy) is 2. The van der Waals surface area contributed by atoms with Crippen molar-refractivity contribution in [3.63, 3.8) is 0 Å². The molecule has 32 heavy (non-hydrogen) atoms. The molecule has 3 aliphatic rings. The molecule has 0 saturated carbocycles. The first-order chi connectivity index (χ1) is 15.4. The number of benzene rings is 1. The summed E-state index contributed by atoms with van der Waals surface area (Å²) in [5.74, 6) is 0.831. The third-order valence-electron chi connectivity index (χ3n) is 6.58. The molecule has 1 aromatic carbocycles. The van der Waals surface area contributed by atoms with Crippen molar-refractivity contribution in [1.82, 2.24) is 9.78 Å². The van der Waals surface area contributed by atoms with Crippen molar-refractivity contribution >= 4 is 21.6 Å². The molecule has 0 spiro atoms. The van der Waals surface area contributed by atoms with Crippen LogP contribution in [0.3, 0.4) is 0 Å². The lowest BCUT2D eigenvalue weighted by Crippen LogP contribution is -2.25. The van der Waals surface area contributed by atoms with Crippen LogP contribution in [0.1, 0.15) is 47.9 Å². The van der Waals surface area contributed by atoms with Gasteiger partial charge in [0.25, 0.3) is 0 Å². The zero-order chi connectivity index (χ0) is 22.5. The standard InChI is InChI=1S/C22H29N5O4S/c1-13-10-27-21(31-11-13)18(9-24-27)32(23,29)26-22(28)25-20-17-5-3-4-14(17)8-15-6-7-16(12-30-2)19(15)20/h8-9,13,16H,3-7,10-12H2,1-2H3,(H3,23,25,26,28,29)/t13-,16+,32+/m0/s1. The van der Waals surface area contributed by atoms with Crippen LogP contribution in [0.5, 0.6) is 5.88 Å². The van der Waals surface area contributed by atoms with Gasteiger partial charge < -0.3 is 14.8 Å². The summed E-state index contributed by atoms with van der Waals surface area (Å²) < 4.78 is 29.9. The van der Waals surface area contributed by atoms with E-state index in [-0.39, 0.29) is 16.7 Å². The number of aromatic nitrogens is 2. The number of carbonyl (C=O) groups is 1. The van der Waals surface area contributed by atoms with Crippen LogP contribution in [0.4, 0.5) is 10.5 Å². The van der Waals surface area contributed by atoms with Gasteiger partial charge in [-0.25, -0.2) is 18.8 Å². The van der Waals surface area contributed by atoms with Gasteiger partial charge in [0.1, 0.15) is 4.90 Å². The number of methoxy groups -OCH3 is 1. The Morgan fingerprint density at radius 1 is 1.41 bits per heavy atom. The van der Waals surface area contributed by atoms with Gasteiger partial charge in [0.15, 0.2) is 9.92 Å². The highest BCUT2D eigenvalue weighted by Gasteiger charge is 2.32. The van der Waals surface area contributed by atoms with E-state index in [2.05, 4.69) is 20.8 Å². The molecular formula is C22H29N5O4S. The third kappa shape index (κ3) is 3.70. The molecule has 5 rings (SSSR count). The Bertz CT molecular complexity index is 1200. The molecular weight excluding hydrogens is 430 g/mol. The molecule has 172 valence electrons. The SMILES string of the molecule is COC[C@H]1CCc2cc3c(c(NC(=O)N=[S@@](N)(=O)c4cnn5c4OC[C@@H](C)C5)c21)CCC3. The molecule has 2 amide bonds. The molecule has 0 fully saturated rings. The largest absolute Gasteiger partial charge is 0.477 e. The highest BCUT2D eigenvalue weighted by atomic mass is 32.2. The second kappa shape index (κ2) is 8.17. The van der Waals surface area contributed by atoms with Crippen LogP contribution in [-0.4, -0.2) is 40.3 Å². The maximum atomic E-state index is 13.2. The summed E-state index contributed by atoms with van der Waals surface area (Å²) in [4.78, 5) is 13.1. The maximum absolute atomic E-state index is 13.2. The fourth-order valence-electron chi connectivity index (χ4n) is 5.19. The Labute approximate surface area is 188 Å². The zero-order valence-electron chi connectivity index (χ0n) is 18.4. The van der Waals surface area contributed by atoms with Crippen molar-refractivity contribution in [2.24, 2.45) is 15.4 Å². The van der Waals surface area contributed by atoms with E-state index in [4.69, 9.17) is 14.6 Å². The average molecular weight is 460 g/mol. The highest BCUT2D eigenvalue weighted by molar-refractivity contribution is 7.91. The van der Waals surface area contributed by atoms with Crippen LogP contribution in [-0.2, 0) is 40.5 Å². The molecule has 0 radical (unpaired) electrons. The Morgan fingerprint density at radius 2 is 2.25 bits per heavy atom. The van der Waals surface area contributed by atoms with E-state index < -0.39 is 15.9 Å². The molecule has 2 aliphatic carbocycles. The minimum atomic E-state index is -3.52. The Hall–Kier alpha value is -2.43. The lowest BCUT2D eigenvalue weighted by molar-refractivity contribution is 0.171. The Kier molecular flexibility index (Phi) is 5.47. The lowest BCUT2D eigenvalue weighted by atomic mass is 9.94. The van der Waals surface area contributed by atoms with Crippen molar-refractivity contribution in [3.8, 4) is 5.88 Å².